The highest BCUT2D eigenvalue weighted by Gasteiger charge is 2.22. The van der Waals surface area contributed by atoms with Crippen LogP contribution in [0.5, 0.6) is 0 Å². The lowest BCUT2D eigenvalue weighted by atomic mass is 9.93. The van der Waals surface area contributed by atoms with Crippen LogP contribution in [0.1, 0.15) is 50.5 Å². The van der Waals surface area contributed by atoms with Crippen molar-refractivity contribution in [3.8, 4) is 11.1 Å². The van der Waals surface area contributed by atoms with Crippen molar-refractivity contribution in [3.05, 3.63) is 89.0 Å². The van der Waals surface area contributed by atoms with Gasteiger partial charge in [-0.25, -0.2) is 4.79 Å². The number of nitrogens with one attached hydrogen (secondary N) is 3. The summed E-state index contributed by atoms with van der Waals surface area (Å²) in [5.74, 6) is -2.31. The van der Waals surface area contributed by atoms with Crippen molar-refractivity contribution in [3.63, 3.8) is 0 Å². The standard InChI is InChI=1S/C27H28N4O5/c1-15(2)23(14-32)31-25(33)17-9-12-20(22(13-17)27(35)36)19-5-3-4-6-21(19)26(34)30-18-10-7-16(8-11-18)24(28)29/h3-13,15,23,32H,14H2,1-2H3,(H3,28,29)(H,30,34)(H,31,33)(H,35,36)/t23-/m1/s1. The van der Waals surface area contributed by atoms with E-state index < -0.39 is 23.8 Å². The summed E-state index contributed by atoms with van der Waals surface area (Å²) in [6.07, 6.45) is 0. The molecule has 0 saturated carbocycles. The van der Waals surface area contributed by atoms with Crippen LogP contribution in [0.2, 0.25) is 0 Å². The van der Waals surface area contributed by atoms with Gasteiger partial charge in [0.25, 0.3) is 11.8 Å². The monoisotopic (exact) mass is 488 g/mol. The zero-order valence-corrected chi connectivity index (χ0v) is 19.9. The van der Waals surface area contributed by atoms with Gasteiger partial charge >= 0.3 is 5.97 Å². The van der Waals surface area contributed by atoms with Crippen LogP contribution in [0.25, 0.3) is 11.1 Å². The molecular formula is C27H28N4O5. The molecule has 0 aliphatic carbocycles. The average molecular weight is 489 g/mol. The van der Waals surface area contributed by atoms with Crippen LogP contribution < -0.4 is 16.4 Å². The van der Waals surface area contributed by atoms with Gasteiger partial charge in [0, 0.05) is 22.4 Å². The molecule has 186 valence electrons. The Bertz CT molecular complexity index is 1300. The summed E-state index contributed by atoms with van der Waals surface area (Å²) >= 11 is 0. The third-order valence-corrected chi connectivity index (χ3v) is 5.75. The van der Waals surface area contributed by atoms with Crippen molar-refractivity contribution < 1.29 is 24.6 Å². The van der Waals surface area contributed by atoms with E-state index in [0.29, 0.717) is 16.8 Å². The minimum absolute atomic E-state index is 0.0128. The van der Waals surface area contributed by atoms with Crippen molar-refractivity contribution in [2.45, 2.75) is 19.9 Å². The van der Waals surface area contributed by atoms with Gasteiger partial charge in [0.05, 0.1) is 18.2 Å². The highest BCUT2D eigenvalue weighted by molar-refractivity contribution is 6.11. The fourth-order valence-electron chi connectivity index (χ4n) is 3.62. The van der Waals surface area contributed by atoms with Crippen LogP contribution in [-0.2, 0) is 0 Å². The number of carbonyl (C=O) groups excluding carboxylic acids is 2. The molecule has 3 rings (SSSR count). The number of hydrogen-bond acceptors (Lipinski definition) is 5. The average Bonchev–Trinajstić information content (AvgIpc) is 2.86. The molecular weight excluding hydrogens is 460 g/mol. The molecule has 0 saturated heterocycles. The number of benzene rings is 3. The van der Waals surface area contributed by atoms with E-state index in [2.05, 4.69) is 10.6 Å². The molecule has 3 aromatic carbocycles. The van der Waals surface area contributed by atoms with Gasteiger partial charge in [-0.2, -0.15) is 0 Å². The van der Waals surface area contributed by atoms with Gasteiger partial charge in [-0.05, 0) is 59.5 Å². The highest BCUT2D eigenvalue weighted by atomic mass is 16.4. The molecule has 1 atom stereocenters. The normalized spacial score (nSPS) is 11.6. The molecule has 0 radical (unpaired) electrons. The molecule has 9 nitrogen and oxygen atoms in total. The number of carboxylic acid groups (broad SMARTS) is 1. The number of hydrogen-bond donors (Lipinski definition) is 6. The minimum atomic E-state index is -1.25. The van der Waals surface area contributed by atoms with Gasteiger partial charge in [0.1, 0.15) is 5.84 Å². The molecule has 7 N–H and O–H groups in total. The quantitative estimate of drug-likeness (QED) is 0.200. The number of nitrogens with two attached hydrogens (primary N) is 1. The maximum atomic E-state index is 13.1. The Balaban J connectivity index is 1.95. The second-order valence-electron chi connectivity index (χ2n) is 8.56. The lowest BCUT2D eigenvalue weighted by Gasteiger charge is -2.20. The van der Waals surface area contributed by atoms with E-state index in [1.165, 1.54) is 18.2 Å². The van der Waals surface area contributed by atoms with Gasteiger partial charge in [-0.15, -0.1) is 0 Å². The van der Waals surface area contributed by atoms with Gasteiger partial charge in [0.2, 0.25) is 0 Å². The van der Waals surface area contributed by atoms with E-state index in [4.69, 9.17) is 11.1 Å². The van der Waals surface area contributed by atoms with E-state index in [-0.39, 0.29) is 40.6 Å². The van der Waals surface area contributed by atoms with Crippen LogP contribution >= 0.6 is 0 Å². The summed E-state index contributed by atoms with van der Waals surface area (Å²) in [7, 11) is 0. The van der Waals surface area contributed by atoms with Crippen molar-refractivity contribution in [1.82, 2.24) is 5.32 Å². The second kappa shape index (κ2) is 11.3. The number of rotatable bonds is 9. The number of carbonyl (C=O) groups is 3. The number of aromatic carboxylic acids is 1. The van der Waals surface area contributed by atoms with Crippen LogP contribution in [0.3, 0.4) is 0 Å². The van der Waals surface area contributed by atoms with Crippen molar-refractivity contribution in [2.75, 3.05) is 11.9 Å². The first-order chi connectivity index (χ1) is 17.1. The number of amidine groups is 1. The number of carboxylic acids is 1. The topological polar surface area (TPSA) is 166 Å². The molecule has 0 aliphatic heterocycles. The predicted octanol–water partition coefficient (Wildman–Crippen LogP) is 3.33. The Labute approximate surface area is 208 Å². The zero-order chi connectivity index (χ0) is 26.4. The fraction of sp³-hybridized carbons (Fsp3) is 0.185. The molecule has 0 bridgehead atoms. The first kappa shape index (κ1) is 26.1. The van der Waals surface area contributed by atoms with E-state index in [0.717, 1.165) is 0 Å². The molecule has 0 aliphatic rings. The van der Waals surface area contributed by atoms with Crippen LogP contribution in [0, 0.1) is 11.3 Å². The Kier molecular flexibility index (Phi) is 8.18. The molecule has 3 aromatic rings. The SMILES string of the molecule is CC(C)[C@@H](CO)NC(=O)c1ccc(-c2ccccc2C(=O)Nc2ccc(C(=N)N)cc2)c(C(=O)O)c1. The van der Waals surface area contributed by atoms with Crippen molar-refractivity contribution in [2.24, 2.45) is 11.7 Å². The summed E-state index contributed by atoms with van der Waals surface area (Å²) in [5.41, 5.74) is 7.35. The minimum Gasteiger partial charge on any atom is -0.478 e. The van der Waals surface area contributed by atoms with Gasteiger partial charge in [-0.3, -0.25) is 15.0 Å². The summed E-state index contributed by atoms with van der Waals surface area (Å²) in [4.78, 5) is 37.9. The maximum absolute atomic E-state index is 13.1. The fourth-order valence-corrected chi connectivity index (χ4v) is 3.62. The van der Waals surface area contributed by atoms with Crippen molar-refractivity contribution >= 4 is 29.3 Å². The Hall–Kier alpha value is -4.50. The number of anilines is 1. The second-order valence-corrected chi connectivity index (χ2v) is 8.56. The highest BCUT2D eigenvalue weighted by Crippen LogP contribution is 2.29. The number of aliphatic hydroxyl groups excluding tert-OH is 1. The third-order valence-electron chi connectivity index (χ3n) is 5.75. The van der Waals surface area contributed by atoms with E-state index >= 15 is 0 Å². The zero-order valence-electron chi connectivity index (χ0n) is 19.9. The smallest absolute Gasteiger partial charge is 0.336 e. The molecule has 2 amide bonds. The van der Waals surface area contributed by atoms with Gasteiger partial charge in [-0.1, -0.05) is 38.1 Å². The molecule has 0 unspecified atom stereocenters. The van der Waals surface area contributed by atoms with Crippen LogP contribution in [-0.4, -0.2) is 46.5 Å². The Morgan fingerprint density at radius 2 is 1.50 bits per heavy atom. The predicted molar refractivity (Wildman–Crippen MR) is 137 cm³/mol. The molecule has 0 heterocycles. The largest absolute Gasteiger partial charge is 0.478 e. The summed E-state index contributed by atoms with van der Waals surface area (Å²) in [6, 6.07) is 16.8. The third kappa shape index (κ3) is 5.94. The Morgan fingerprint density at radius 3 is 2.08 bits per heavy atom. The lowest BCUT2D eigenvalue weighted by molar-refractivity contribution is 0.0697. The van der Waals surface area contributed by atoms with Gasteiger partial charge < -0.3 is 26.6 Å². The lowest BCUT2D eigenvalue weighted by Crippen LogP contribution is -2.41. The number of amides is 2. The Morgan fingerprint density at radius 1 is 0.889 bits per heavy atom. The van der Waals surface area contributed by atoms with E-state index in [1.54, 1.807) is 48.5 Å². The molecule has 9 heteroatoms. The van der Waals surface area contributed by atoms with Gasteiger partial charge in [0.15, 0.2) is 0 Å². The van der Waals surface area contributed by atoms with E-state index in [9.17, 15) is 24.6 Å². The maximum Gasteiger partial charge on any atom is 0.336 e. The molecule has 36 heavy (non-hydrogen) atoms. The number of nitrogen functional groups attached to an aromatic ring is 1. The summed E-state index contributed by atoms with van der Waals surface area (Å²) < 4.78 is 0. The number of aliphatic hydroxyl groups is 1. The van der Waals surface area contributed by atoms with E-state index in [1.807, 2.05) is 13.8 Å². The molecule has 0 fully saturated rings. The summed E-state index contributed by atoms with van der Waals surface area (Å²) in [5, 5.41) is 32.3. The van der Waals surface area contributed by atoms with Crippen molar-refractivity contribution in [1.29, 1.82) is 5.41 Å². The first-order valence-corrected chi connectivity index (χ1v) is 11.3. The summed E-state index contributed by atoms with van der Waals surface area (Å²) in [6.45, 7) is 3.46. The van der Waals surface area contributed by atoms with Crippen LogP contribution in [0.4, 0.5) is 5.69 Å². The molecule has 0 spiro atoms. The molecule has 0 aromatic heterocycles. The first-order valence-electron chi connectivity index (χ1n) is 11.3. The van der Waals surface area contributed by atoms with Crippen LogP contribution in [0.15, 0.2) is 66.7 Å².